The van der Waals surface area contributed by atoms with Crippen molar-refractivity contribution in [3.8, 4) is 0 Å². The van der Waals surface area contributed by atoms with Crippen molar-refractivity contribution in [2.45, 2.75) is 38.3 Å². The van der Waals surface area contributed by atoms with Crippen LogP contribution in [-0.4, -0.2) is 50.7 Å². The number of amides is 1. The first-order valence-corrected chi connectivity index (χ1v) is 6.63. The standard InChI is InChI=1S/C12H16N4O4/c1-6-14-15-12(20-6)13-10(17)5-16-7-2-3-9(16)8(4-7)11(18)19/h7-9H,2-5H2,1H3,(H,18,19)(H,13,15,17). The Hall–Kier alpha value is -1.96. The third-order valence-electron chi connectivity index (χ3n) is 4.10. The maximum Gasteiger partial charge on any atom is 0.322 e. The highest BCUT2D eigenvalue weighted by atomic mass is 16.4. The van der Waals surface area contributed by atoms with Crippen LogP contribution in [0.1, 0.15) is 25.2 Å². The molecular formula is C12H16N4O4. The van der Waals surface area contributed by atoms with E-state index in [1.54, 1.807) is 6.92 Å². The van der Waals surface area contributed by atoms with Gasteiger partial charge >= 0.3 is 12.0 Å². The Kier molecular flexibility index (Phi) is 3.17. The van der Waals surface area contributed by atoms with E-state index in [2.05, 4.69) is 15.5 Å². The van der Waals surface area contributed by atoms with E-state index >= 15 is 0 Å². The molecule has 8 nitrogen and oxygen atoms in total. The lowest BCUT2D eigenvalue weighted by Gasteiger charge is -2.21. The van der Waals surface area contributed by atoms with Crippen molar-refractivity contribution < 1.29 is 19.1 Å². The minimum Gasteiger partial charge on any atom is -0.481 e. The fourth-order valence-electron chi connectivity index (χ4n) is 3.28. The molecule has 1 amide bonds. The lowest BCUT2D eigenvalue weighted by atomic mass is 9.89. The first-order valence-electron chi connectivity index (χ1n) is 6.63. The molecule has 3 unspecified atom stereocenters. The quantitative estimate of drug-likeness (QED) is 0.813. The van der Waals surface area contributed by atoms with Crippen molar-refractivity contribution in [1.82, 2.24) is 15.1 Å². The Morgan fingerprint density at radius 2 is 2.25 bits per heavy atom. The van der Waals surface area contributed by atoms with Crippen LogP contribution < -0.4 is 5.32 Å². The number of nitrogens with zero attached hydrogens (tertiary/aromatic N) is 3. The highest BCUT2D eigenvalue weighted by molar-refractivity contribution is 5.90. The molecule has 3 rings (SSSR count). The molecule has 3 heterocycles. The number of aryl methyl sites for hydroxylation is 1. The first kappa shape index (κ1) is 13.0. The lowest BCUT2D eigenvalue weighted by molar-refractivity contribution is -0.142. The van der Waals surface area contributed by atoms with Gasteiger partial charge in [-0.3, -0.25) is 19.8 Å². The third-order valence-corrected chi connectivity index (χ3v) is 4.10. The second-order valence-corrected chi connectivity index (χ2v) is 5.33. The molecule has 0 aromatic carbocycles. The molecule has 8 heteroatoms. The number of rotatable bonds is 4. The van der Waals surface area contributed by atoms with Gasteiger partial charge in [0.2, 0.25) is 11.8 Å². The van der Waals surface area contributed by atoms with Crippen molar-refractivity contribution in [2.24, 2.45) is 5.92 Å². The molecule has 2 saturated heterocycles. The molecule has 2 bridgehead atoms. The minimum atomic E-state index is -0.768. The second-order valence-electron chi connectivity index (χ2n) is 5.33. The van der Waals surface area contributed by atoms with Crippen LogP contribution in [0.4, 0.5) is 6.01 Å². The van der Waals surface area contributed by atoms with Gasteiger partial charge in [0.1, 0.15) is 0 Å². The largest absolute Gasteiger partial charge is 0.481 e. The Morgan fingerprint density at radius 1 is 1.45 bits per heavy atom. The monoisotopic (exact) mass is 280 g/mol. The molecule has 2 N–H and O–H groups in total. The number of hydrogen-bond donors (Lipinski definition) is 2. The molecule has 0 radical (unpaired) electrons. The number of hydrogen-bond acceptors (Lipinski definition) is 6. The maximum absolute atomic E-state index is 11.9. The van der Waals surface area contributed by atoms with Gasteiger partial charge in [-0.2, -0.15) is 0 Å². The molecule has 2 fully saturated rings. The van der Waals surface area contributed by atoms with E-state index in [4.69, 9.17) is 9.52 Å². The van der Waals surface area contributed by atoms with Crippen LogP contribution >= 0.6 is 0 Å². The molecule has 1 aromatic heterocycles. The fraction of sp³-hybridized carbons (Fsp3) is 0.667. The highest BCUT2D eigenvalue weighted by Gasteiger charge is 2.49. The van der Waals surface area contributed by atoms with Gasteiger partial charge in [0, 0.05) is 19.0 Å². The van der Waals surface area contributed by atoms with Gasteiger partial charge in [0.05, 0.1) is 12.5 Å². The summed E-state index contributed by atoms with van der Waals surface area (Å²) in [6.07, 6.45) is 2.43. The van der Waals surface area contributed by atoms with Gasteiger partial charge in [-0.1, -0.05) is 5.10 Å². The summed E-state index contributed by atoms with van der Waals surface area (Å²) in [5.41, 5.74) is 0. The summed E-state index contributed by atoms with van der Waals surface area (Å²) >= 11 is 0. The Balaban J connectivity index is 1.61. The Bertz CT molecular complexity index is 543. The van der Waals surface area contributed by atoms with E-state index in [0.717, 1.165) is 12.8 Å². The summed E-state index contributed by atoms with van der Waals surface area (Å²) in [5, 5.41) is 19.0. The molecule has 108 valence electrons. The number of aliphatic carboxylic acids is 1. The van der Waals surface area contributed by atoms with Crippen molar-refractivity contribution in [1.29, 1.82) is 0 Å². The van der Waals surface area contributed by atoms with Crippen LogP contribution in [-0.2, 0) is 9.59 Å². The molecule has 1 aromatic rings. The summed E-state index contributed by atoms with van der Waals surface area (Å²) in [7, 11) is 0. The lowest BCUT2D eigenvalue weighted by Crippen LogP contribution is -2.38. The molecule has 3 atom stereocenters. The number of anilines is 1. The van der Waals surface area contributed by atoms with Gasteiger partial charge in [-0.05, 0) is 19.3 Å². The van der Waals surface area contributed by atoms with Crippen LogP contribution in [0.5, 0.6) is 0 Å². The fourth-order valence-corrected chi connectivity index (χ4v) is 3.28. The number of fused-ring (bicyclic) bond motifs is 2. The predicted molar refractivity (Wildman–Crippen MR) is 66.9 cm³/mol. The second kappa shape index (κ2) is 4.86. The average molecular weight is 280 g/mol. The van der Waals surface area contributed by atoms with Gasteiger partial charge in [0.25, 0.3) is 0 Å². The molecule has 2 aliphatic heterocycles. The number of carboxylic acids is 1. The first-order chi connectivity index (χ1) is 9.54. The zero-order valence-corrected chi connectivity index (χ0v) is 11.1. The molecule has 0 aliphatic carbocycles. The summed E-state index contributed by atoms with van der Waals surface area (Å²) in [4.78, 5) is 25.1. The number of nitrogens with one attached hydrogen (secondary N) is 1. The summed E-state index contributed by atoms with van der Waals surface area (Å²) < 4.78 is 5.08. The van der Waals surface area contributed by atoms with E-state index < -0.39 is 5.97 Å². The molecular weight excluding hydrogens is 264 g/mol. The van der Waals surface area contributed by atoms with Crippen LogP contribution in [0, 0.1) is 12.8 Å². The summed E-state index contributed by atoms with van der Waals surface area (Å²) in [6, 6.07) is 0.234. The van der Waals surface area contributed by atoms with Gasteiger partial charge in [-0.25, -0.2) is 0 Å². The average Bonchev–Trinajstić information content (AvgIpc) is 3.05. The van der Waals surface area contributed by atoms with Crippen molar-refractivity contribution in [3.63, 3.8) is 0 Å². The van der Waals surface area contributed by atoms with Crippen molar-refractivity contribution in [2.75, 3.05) is 11.9 Å². The van der Waals surface area contributed by atoms with Crippen LogP contribution in [0.15, 0.2) is 4.42 Å². The normalized spacial score (nSPS) is 28.8. The topological polar surface area (TPSA) is 109 Å². The number of carbonyl (C=O) groups excluding carboxylic acids is 1. The zero-order chi connectivity index (χ0) is 14.3. The van der Waals surface area contributed by atoms with E-state index in [1.165, 1.54) is 0 Å². The number of aromatic nitrogens is 2. The van der Waals surface area contributed by atoms with Crippen molar-refractivity contribution in [3.05, 3.63) is 5.89 Å². The molecule has 0 saturated carbocycles. The minimum absolute atomic E-state index is 0.0346. The van der Waals surface area contributed by atoms with E-state index in [9.17, 15) is 9.59 Å². The predicted octanol–water partition coefficient (Wildman–Crippen LogP) is 0.254. The van der Waals surface area contributed by atoms with E-state index in [1.807, 2.05) is 4.90 Å². The molecule has 20 heavy (non-hydrogen) atoms. The smallest absolute Gasteiger partial charge is 0.322 e. The van der Waals surface area contributed by atoms with Crippen LogP contribution in [0.3, 0.4) is 0 Å². The molecule has 0 spiro atoms. The van der Waals surface area contributed by atoms with E-state index in [-0.39, 0.29) is 36.5 Å². The van der Waals surface area contributed by atoms with Crippen LogP contribution in [0.2, 0.25) is 0 Å². The van der Waals surface area contributed by atoms with Gasteiger partial charge in [0.15, 0.2) is 0 Å². The summed E-state index contributed by atoms with van der Waals surface area (Å²) in [6.45, 7) is 1.81. The molecule has 2 aliphatic rings. The van der Waals surface area contributed by atoms with Crippen molar-refractivity contribution >= 4 is 17.9 Å². The Morgan fingerprint density at radius 3 is 2.85 bits per heavy atom. The van der Waals surface area contributed by atoms with Gasteiger partial charge < -0.3 is 9.52 Å². The van der Waals surface area contributed by atoms with Gasteiger partial charge in [-0.15, -0.1) is 5.10 Å². The van der Waals surface area contributed by atoms with E-state index in [0.29, 0.717) is 12.3 Å². The summed E-state index contributed by atoms with van der Waals surface area (Å²) in [5.74, 6) is -0.994. The third kappa shape index (κ3) is 2.26. The number of carbonyl (C=O) groups is 2. The maximum atomic E-state index is 11.9. The Labute approximate surface area is 115 Å². The zero-order valence-electron chi connectivity index (χ0n) is 11.1. The number of carboxylic acid groups (broad SMARTS) is 1. The SMILES string of the molecule is Cc1nnc(NC(=O)CN2C3CCC2C(C(=O)O)C3)o1. The highest BCUT2D eigenvalue weighted by Crippen LogP contribution is 2.41. The van der Waals surface area contributed by atoms with Crippen LogP contribution in [0.25, 0.3) is 0 Å².